The first-order valence-electron chi connectivity index (χ1n) is 12.0. The Balaban J connectivity index is 1.71. The van der Waals surface area contributed by atoms with Crippen LogP contribution in [0.5, 0.6) is 0 Å². The molecule has 2 unspecified atom stereocenters. The van der Waals surface area contributed by atoms with Crippen molar-refractivity contribution < 1.29 is 0 Å². The summed E-state index contributed by atoms with van der Waals surface area (Å²) in [5.74, 6) is 1.09. The van der Waals surface area contributed by atoms with Crippen LogP contribution < -0.4 is 0 Å². The van der Waals surface area contributed by atoms with Gasteiger partial charge in [0.1, 0.15) is 0 Å². The zero-order chi connectivity index (χ0) is 20.6. The molecule has 1 aromatic rings. The van der Waals surface area contributed by atoms with E-state index in [1.54, 1.807) is 0 Å². The second-order valence-corrected chi connectivity index (χ2v) is 9.79. The van der Waals surface area contributed by atoms with Gasteiger partial charge in [-0.25, -0.2) is 0 Å². The van der Waals surface area contributed by atoms with E-state index in [2.05, 4.69) is 74.6 Å². The number of nitrogens with zero attached hydrogens (tertiary/aromatic N) is 1. The molecule has 0 saturated heterocycles. The molecule has 3 rings (SSSR count). The zero-order valence-electron chi connectivity index (χ0n) is 18.6. The van der Waals surface area contributed by atoms with Gasteiger partial charge in [0.25, 0.3) is 0 Å². The van der Waals surface area contributed by atoms with Gasteiger partial charge in [0.15, 0.2) is 0 Å². The summed E-state index contributed by atoms with van der Waals surface area (Å²) in [5, 5.41) is 10.0. The second kappa shape index (κ2) is 10.3. The summed E-state index contributed by atoms with van der Waals surface area (Å²) in [6, 6.07) is 13.6. The first-order chi connectivity index (χ1) is 14.1. The van der Waals surface area contributed by atoms with Crippen molar-refractivity contribution in [2.24, 2.45) is 16.7 Å². The summed E-state index contributed by atoms with van der Waals surface area (Å²) in [7, 11) is 0. The highest BCUT2D eigenvalue weighted by Crippen LogP contribution is 2.47. The summed E-state index contributed by atoms with van der Waals surface area (Å²) in [6.45, 7) is 4.61. The lowest BCUT2D eigenvalue weighted by molar-refractivity contribution is 0.176. The van der Waals surface area contributed by atoms with Crippen LogP contribution in [0.2, 0.25) is 0 Å². The molecule has 0 bridgehead atoms. The van der Waals surface area contributed by atoms with Crippen LogP contribution in [0.25, 0.3) is 0 Å². The summed E-state index contributed by atoms with van der Waals surface area (Å²) < 4.78 is 0. The minimum atomic E-state index is -0.0912. The van der Waals surface area contributed by atoms with E-state index in [1.807, 2.05) is 0 Å². The van der Waals surface area contributed by atoms with Crippen LogP contribution in [-0.2, 0) is 0 Å². The number of allylic oxidation sites excluding steroid dienone is 4. The Morgan fingerprint density at radius 3 is 2.41 bits per heavy atom. The fraction of sp³-hybridized carbons (Fsp3) is 0.607. The maximum Gasteiger partial charge on any atom is 0.0689 e. The van der Waals surface area contributed by atoms with Crippen LogP contribution in [0.3, 0.4) is 0 Å². The van der Waals surface area contributed by atoms with Crippen molar-refractivity contribution in [3.05, 3.63) is 60.2 Å². The predicted octanol–water partition coefficient (Wildman–Crippen LogP) is 8.35. The molecule has 2 atom stereocenters. The highest BCUT2D eigenvalue weighted by Gasteiger charge is 2.38. The molecular weight excluding hydrogens is 350 g/mol. The molecule has 1 heteroatoms. The molecule has 1 aromatic carbocycles. The highest BCUT2D eigenvalue weighted by molar-refractivity contribution is 5.34. The summed E-state index contributed by atoms with van der Waals surface area (Å²) in [6.07, 6.45) is 23.1. The maximum atomic E-state index is 10.0. The number of unbranched alkanes of at least 4 members (excludes halogenated alkanes) is 3. The van der Waals surface area contributed by atoms with Gasteiger partial charge in [-0.05, 0) is 43.6 Å². The van der Waals surface area contributed by atoms with E-state index in [1.165, 1.54) is 50.5 Å². The van der Waals surface area contributed by atoms with Gasteiger partial charge in [-0.3, -0.25) is 0 Å². The van der Waals surface area contributed by atoms with Gasteiger partial charge >= 0.3 is 0 Å². The average Bonchev–Trinajstić information content (AvgIpc) is 2.77. The maximum absolute atomic E-state index is 10.0. The Morgan fingerprint density at radius 1 is 1.00 bits per heavy atom. The summed E-state index contributed by atoms with van der Waals surface area (Å²) in [5.41, 5.74) is 1.42. The zero-order valence-corrected chi connectivity index (χ0v) is 18.6. The Bertz CT molecular complexity index is 708. The standard InChI is InChI=1S/C28H39N/c1-3-4-5-9-16-27(20-21-28(23-29)17-10-11-24(2)22-28)18-14-26(15-19-27)25-12-7-6-8-13-25/h6-8,12-15,18-19,24,26H,3-5,9-11,16-17,20-22H2,1-2H3. The molecule has 0 aliphatic heterocycles. The van der Waals surface area contributed by atoms with E-state index in [4.69, 9.17) is 0 Å². The molecule has 0 aromatic heterocycles. The molecule has 1 saturated carbocycles. The normalized spacial score (nSPS) is 31.5. The molecule has 29 heavy (non-hydrogen) atoms. The number of nitriles is 1. The third-order valence-electron chi connectivity index (χ3n) is 7.35. The monoisotopic (exact) mass is 389 g/mol. The van der Waals surface area contributed by atoms with Gasteiger partial charge in [-0.1, -0.05) is 107 Å². The molecule has 2 aliphatic carbocycles. The topological polar surface area (TPSA) is 23.8 Å². The molecule has 0 radical (unpaired) electrons. The SMILES string of the molecule is CCCCCCC1(CCC2(C#N)CCCC(C)C2)C=CC(c2ccccc2)C=C1. The van der Waals surface area contributed by atoms with E-state index in [-0.39, 0.29) is 10.8 Å². The Morgan fingerprint density at radius 2 is 1.76 bits per heavy atom. The van der Waals surface area contributed by atoms with Crippen molar-refractivity contribution in [2.75, 3.05) is 0 Å². The third kappa shape index (κ3) is 5.85. The Hall–Kier alpha value is -1.81. The van der Waals surface area contributed by atoms with Crippen LogP contribution in [0.15, 0.2) is 54.6 Å². The molecule has 1 fully saturated rings. The third-order valence-corrected chi connectivity index (χ3v) is 7.35. The summed E-state index contributed by atoms with van der Waals surface area (Å²) in [4.78, 5) is 0. The largest absolute Gasteiger partial charge is 0.198 e. The number of rotatable bonds is 9. The lowest BCUT2D eigenvalue weighted by Gasteiger charge is -2.38. The quantitative estimate of drug-likeness (QED) is 0.307. The first kappa shape index (κ1) is 21.9. The highest BCUT2D eigenvalue weighted by atomic mass is 14.4. The van der Waals surface area contributed by atoms with E-state index in [0.29, 0.717) is 11.8 Å². The van der Waals surface area contributed by atoms with Gasteiger partial charge < -0.3 is 0 Å². The van der Waals surface area contributed by atoms with Gasteiger partial charge in [-0.2, -0.15) is 5.26 Å². The Labute approximate surface area is 178 Å². The molecule has 0 N–H and O–H groups in total. The Kier molecular flexibility index (Phi) is 7.77. The smallest absolute Gasteiger partial charge is 0.0689 e. The van der Waals surface area contributed by atoms with Crippen LogP contribution in [0.4, 0.5) is 0 Å². The van der Waals surface area contributed by atoms with E-state index < -0.39 is 0 Å². The molecule has 2 aliphatic rings. The van der Waals surface area contributed by atoms with Crippen LogP contribution in [-0.4, -0.2) is 0 Å². The van der Waals surface area contributed by atoms with Gasteiger partial charge in [0.05, 0.1) is 11.5 Å². The first-order valence-corrected chi connectivity index (χ1v) is 12.0. The number of hydrogen-bond donors (Lipinski definition) is 0. The number of hydrogen-bond acceptors (Lipinski definition) is 1. The minimum absolute atomic E-state index is 0.0912. The van der Waals surface area contributed by atoms with Gasteiger partial charge in [0, 0.05) is 11.3 Å². The van der Waals surface area contributed by atoms with Crippen molar-refractivity contribution in [3.8, 4) is 6.07 Å². The van der Waals surface area contributed by atoms with Crippen LogP contribution in [0.1, 0.15) is 96.0 Å². The van der Waals surface area contributed by atoms with Crippen LogP contribution in [0, 0.1) is 28.1 Å². The van der Waals surface area contributed by atoms with Crippen LogP contribution >= 0.6 is 0 Å². The van der Waals surface area contributed by atoms with E-state index in [0.717, 1.165) is 25.7 Å². The number of benzene rings is 1. The average molecular weight is 390 g/mol. The molecule has 0 amide bonds. The lowest BCUT2D eigenvalue weighted by atomic mass is 9.64. The molecule has 0 heterocycles. The molecule has 156 valence electrons. The fourth-order valence-electron chi connectivity index (χ4n) is 5.46. The predicted molar refractivity (Wildman–Crippen MR) is 124 cm³/mol. The van der Waals surface area contributed by atoms with Crippen molar-refractivity contribution in [1.82, 2.24) is 0 Å². The van der Waals surface area contributed by atoms with Crippen molar-refractivity contribution >= 4 is 0 Å². The van der Waals surface area contributed by atoms with Crippen molar-refractivity contribution in [3.63, 3.8) is 0 Å². The van der Waals surface area contributed by atoms with Crippen molar-refractivity contribution in [2.45, 2.75) is 90.4 Å². The van der Waals surface area contributed by atoms with Gasteiger partial charge in [-0.15, -0.1) is 0 Å². The molecule has 0 spiro atoms. The summed E-state index contributed by atoms with van der Waals surface area (Å²) >= 11 is 0. The lowest BCUT2D eigenvalue weighted by Crippen LogP contribution is -2.29. The molecular formula is C28H39N. The second-order valence-electron chi connectivity index (χ2n) is 9.79. The van der Waals surface area contributed by atoms with E-state index in [9.17, 15) is 5.26 Å². The minimum Gasteiger partial charge on any atom is -0.198 e. The fourth-order valence-corrected chi connectivity index (χ4v) is 5.46. The van der Waals surface area contributed by atoms with Crippen molar-refractivity contribution in [1.29, 1.82) is 5.26 Å². The molecule has 1 nitrogen and oxygen atoms in total. The van der Waals surface area contributed by atoms with E-state index >= 15 is 0 Å². The van der Waals surface area contributed by atoms with Gasteiger partial charge in [0.2, 0.25) is 0 Å².